The highest BCUT2D eigenvalue weighted by Gasteiger charge is 2.30. The average molecular weight is 701 g/mol. The van der Waals surface area contributed by atoms with Crippen molar-refractivity contribution in [1.29, 1.82) is 0 Å². The zero-order chi connectivity index (χ0) is 63.3. The number of carbonyl (C=O) groups is 1. The number of amides is 1. The van der Waals surface area contributed by atoms with Crippen molar-refractivity contribution in [3.05, 3.63) is 117 Å². The molecule has 47 heavy (non-hydrogen) atoms. The van der Waals surface area contributed by atoms with E-state index in [1.807, 2.05) is 0 Å². The summed E-state index contributed by atoms with van der Waals surface area (Å²) in [5.41, 5.74) is -12.8. The van der Waals surface area contributed by atoms with Crippen LogP contribution in [0.5, 0.6) is 0 Å². The Labute approximate surface area is 324 Å². The van der Waals surface area contributed by atoms with Crippen LogP contribution in [0.15, 0.2) is 82.5 Å². The van der Waals surface area contributed by atoms with E-state index in [0.29, 0.717) is 0 Å². The van der Waals surface area contributed by atoms with Crippen LogP contribution in [-0.2, 0) is 42.5 Å². The Morgan fingerprint density at radius 2 is 1.62 bits per heavy atom. The monoisotopic (exact) mass is 700 g/mol. The molecule has 0 aliphatic heterocycles. The Morgan fingerprint density at radius 1 is 0.979 bits per heavy atom. The van der Waals surface area contributed by atoms with Gasteiger partial charge in [-0.2, -0.15) is 18.2 Å². The van der Waals surface area contributed by atoms with E-state index in [2.05, 4.69) is 4.98 Å². The van der Waals surface area contributed by atoms with Gasteiger partial charge in [-0.3, -0.25) is 9.59 Å². The van der Waals surface area contributed by atoms with Crippen LogP contribution in [0, 0.1) is 5.82 Å². The molecular formula is C36H38F4N4O2S. The number of hydrogen-bond donors (Lipinski definition) is 0. The lowest BCUT2D eigenvalue weighted by molar-refractivity contribution is -0.137. The topological polar surface area (TPSA) is 58.4 Å². The molecule has 0 unspecified atom stereocenters. The summed E-state index contributed by atoms with van der Waals surface area (Å²) in [6.45, 7) is -35.8. The average Bonchev–Trinajstić information content (AvgIpc) is 3.41. The predicted molar refractivity (Wildman–Crippen MR) is 177 cm³/mol. The maximum absolute atomic E-state index is 15.5. The molecule has 1 aliphatic rings. The summed E-state index contributed by atoms with van der Waals surface area (Å²) in [6.07, 6.45) is -17.7. The van der Waals surface area contributed by atoms with Gasteiger partial charge in [0.25, 0.3) is 5.56 Å². The number of benzene rings is 3. The van der Waals surface area contributed by atoms with Crippen LogP contribution in [0.3, 0.4) is 0 Å². The second-order valence-corrected chi connectivity index (χ2v) is 9.54. The van der Waals surface area contributed by atoms with Gasteiger partial charge in [-0.15, -0.1) is 0 Å². The van der Waals surface area contributed by atoms with Crippen molar-refractivity contribution in [2.75, 3.05) is 26.0 Å². The first-order valence-electron chi connectivity index (χ1n) is 29.4. The van der Waals surface area contributed by atoms with Crippen molar-refractivity contribution in [3.63, 3.8) is 0 Å². The van der Waals surface area contributed by atoms with Crippen molar-refractivity contribution < 1.29 is 69.0 Å². The number of nitrogens with zero attached hydrogens (tertiary/aromatic N) is 4. The second kappa shape index (κ2) is 15.3. The number of thioether (sulfide) groups is 1. The van der Waals surface area contributed by atoms with Crippen LogP contribution >= 0.6 is 11.8 Å². The molecule has 1 amide bonds. The lowest BCUT2D eigenvalue weighted by Gasteiger charge is -2.28. The van der Waals surface area contributed by atoms with E-state index in [0.717, 1.165) is 0 Å². The van der Waals surface area contributed by atoms with Gasteiger partial charge in [0.1, 0.15) is 12.3 Å². The van der Waals surface area contributed by atoms with Crippen LogP contribution in [0.25, 0.3) is 11.1 Å². The van der Waals surface area contributed by atoms with Crippen molar-refractivity contribution in [2.24, 2.45) is 0 Å². The Bertz CT molecular complexity index is 3230. The smallest absolute Gasteiger partial charge is 0.336 e. The fourth-order valence-corrected chi connectivity index (χ4v) is 4.24. The molecule has 1 aromatic heterocycles. The molecule has 11 heteroatoms. The first-order valence-corrected chi connectivity index (χ1v) is 13.4. The molecule has 0 fully saturated rings. The molecule has 0 spiro atoms. The van der Waals surface area contributed by atoms with Gasteiger partial charge in [0.2, 0.25) is 5.91 Å². The van der Waals surface area contributed by atoms with Gasteiger partial charge in [-0.1, -0.05) is 73.8 Å². The maximum Gasteiger partial charge on any atom is 0.416 e. The van der Waals surface area contributed by atoms with E-state index in [-0.39, 0.29) is 11.8 Å². The molecule has 0 atom stereocenters. The number of halogens is 4. The van der Waals surface area contributed by atoms with Crippen molar-refractivity contribution in [3.8, 4) is 11.1 Å². The molecule has 5 rings (SSSR count). The summed E-state index contributed by atoms with van der Waals surface area (Å²) in [6, 6.07) is -18.5. The Hall–Kier alpha value is -3.96. The minimum Gasteiger partial charge on any atom is -0.336 e. The molecule has 0 radical (unpaired) electrons. The quantitative estimate of drug-likeness (QED) is 0.0838. The standard InChI is InChI=1S/C36H38F4N4O2S/c1-3-42(4-2)20-21-43(22-25-8-12-27(13-9-25)28-14-16-29(17-15-28)36(38,39)40)33(45)23-44-32-7-5-6-31(32)34(46)41-35(44)47-24-26-10-18-30(37)19-11-26/h8-19H,3-7,20-24H2,1-2H3/i1D3,2D3,3D2,4D2,5D2,6D2,7D2,8D,9D,10D,11D,12D,13D,14D,15D,16D,17D,18D,19D,20D2,21D2,23D2. The predicted octanol–water partition coefficient (Wildman–Crippen LogP) is 7.22. The van der Waals surface area contributed by atoms with Gasteiger partial charge < -0.3 is 14.4 Å². The largest absolute Gasteiger partial charge is 0.416 e. The highest BCUT2D eigenvalue weighted by molar-refractivity contribution is 7.98. The third-order valence-corrected chi connectivity index (χ3v) is 6.51. The first kappa shape index (κ1) is 11.6. The number of alkyl halides is 3. The number of likely N-dealkylation sites (N-methyl/N-ethyl adjacent to an activating group) is 1. The molecule has 0 saturated carbocycles. The fourth-order valence-electron chi connectivity index (χ4n) is 3.41. The lowest BCUT2D eigenvalue weighted by Crippen LogP contribution is -2.40. The summed E-state index contributed by atoms with van der Waals surface area (Å²) in [4.78, 5) is 30.4. The third-order valence-electron chi connectivity index (χ3n) is 5.55. The van der Waals surface area contributed by atoms with E-state index in [4.69, 9.17) is 41.1 Å². The van der Waals surface area contributed by atoms with Gasteiger partial charge in [-0.05, 0) is 78.5 Å². The molecule has 248 valence electrons. The zero-order valence-electron chi connectivity index (χ0n) is 56.9. The van der Waals surface area contributed by atoms with Crippen molar-refractivity contribution in [2.45, 2.75) is 62.9 Å². The summed E-state index contributed by atoms with van der Waals surface area (Å²) >= 11 is -0.191. The molecule has 4 aromatic rings. The first-order chi connectivity index (χ1) is 36.0. The maximum atomic E-state index is 15.5. The molecule has 1 heterocycles. The second-order valence-electron chi connectivity index (χ2n) is 8.60. The van der Waals surface area contributed by atoms with Crippen LogP contribution in [0.4, 0.5) is 17.6 Å². The van der Waals surface area contributed by atoms with Gasteiger partial charge >= 0.3 is 6.18 Å². The zero-order valence-corrected chi connectivity index (χ0v) is 23.8. The molecule has 0 saturated heterocycles. The Balaban J connectivity index is 1.99. The third kappa shape index (κ3) is 8.70. The molecule has 1 aliphatic carbocycles. The highest BCUT2D eigenvalue weighted by atomic mass is 32.2. The number of fused-ring (bicyclic) bond motifs is 1. The summed E-state index contributed by atoms with van der Waals surface area (Å²) in [7, 11) is 0. The fraction of sp³-hybridized carbons (Fsp3) is 0.361. The van der Waals surface area contributed by atoms with E-state index < -0.39 is 232 Å². The number of rotatable bonds is 13. The highest BCUT2D eigenvalue weighted by Crippen LogP contribution is 2.31. The van der Waals surface area contributed by atoms with Gasteiger partial charge in [0.15, 0.2) is 5.16 Å². The van der Waals surface area contributed by atoms with Crippen LogP contribution in [0.1, 0.15) is 94.6 Å². The summed E-state index contributed by atoms with van der Waals surface area (Å²) < 4.78 is 344. The van der Waals surface area contributed by atoms with E-state index in [1.54, 1.807) is 0 Å². The molecular weight excluding hydrogens is 628 g/mol. The number of aromatic nitrogens is 2. The minimum absolute atomic E-state index is 0.191. The van der Waals surface area contributed by atoms with Gasteiger partial charge in [0, 0.05) is 61.2 Å². The number of hydrogen-bond acceptors (Lipinski definition) is 5. The van der Waals surface area contributed by atoms with E-state index in [1.165, 1.54) is 0 Å². The molecule has 6 nitrogen and oxygen atoms in total. The van der Waals surface area contributed by atoms with Crippen molar-refractivity contribution >= 4 is 17.7 Å². The molecule has 3 aromatic carbocycles. The van der Waals surface area contributed by atoms with Gasteiger partial charge in [-0.25, -0.2) is 4.39 Å². The minimum atomic E-state index is -5.58. The normalized spacial score (nSPS) is 28.6. The van der Waals surface area contributed by atoms with Crippen LogP contribution in [0.2, 0.25) is 0 Å². The lowest BCUT2D eigenvalue weighted by atomic mass is 10.0. The van der Waals surface area contributed by atoms with Crippen LogP contribution < -0.4 is 5.56 Å². The number of carbonyl (C=O) groups excluding carboxylic acids is 1. The van der Waals surface area contributed by atoms with E-state index in [9.17, 15) is 27.8 Å². The molecule has 0 bridgehead atoms. The summed E-state index contributed by atoms with van der Waals surface area (Å²) in [5, 5.41) is -1.50. The Morgan fingerprint density at radius 3 is 2.26 bits per heavy atom. The van der Waals surface area contributed by atoms with E-state index >= 15 is 4.79 Å². The molecule has 0 N–H and O–H groups in total. The van der Waals surface area contributed by atoms with Crippen LogP contribution in [-0.4, -0.2) is 51.2 Å². The Kier molecular flexibility index (Phi) is 3.77. The SMILES string of the molecule is [2H]c1c([2H])c(CSc2nc(=O)c3c(n2C([2H])([2H])C(=O)N(Cc2c([2H])c([2H])c(-c4c([2H])c([2H])c(C(F)(F)F)c([2H])c4[2H])c([2H])c2[2H])C([2H])([2H])C([2H])([2H])N(C([2H])([2H])C([2H])([2H])[2H])C([2H])([2H])C([2H])([2H])[2H])C([2H])([2H])C([2H])([2H])C3([2H])[2H])c([2H])c([2H])c1F. The summed E-state index contributed by atoms with van der Waals surface area (Å²) in [5.74, 6) is -5.78. The van der Waals surface area contributed by atoms with Gasteiger partial charge in [0.05, 0.1) is 27.5 Å². The van der Waals surface area contributed by atoms with Crippen molar-refractivity contribution in [1.82, 2.24) is 19.4 Å².